The van der Waals surface area contributed by atoms with Gasteiger partial charge in [0.15, 0.2) is 17.5 Å². The van der Waals surface area contributed by atoms with Crippen LogP contribution < -0.4 is 0 Å². The molecule has 33 heavy (non-hydrogen) atoms. The molecule has 0 nitrogen and oxygen atoms in total. The summed E-state index contributed by atoms with van der Waals surface area (Å²) in [4.78, 5) is 0. The van der Waals surface area contributed by atoms with Crippen molar-refractivity contribution in [2.45, 2.75) is 19.8 Å². The van der Waals surface area contributed by atoms with Gasteiger partial charge in [-0.05, 0) is 59.8 Å². The van der Waals surface area contributed by atoms with Gasteiger partial charge >= 0.3 is 0 Å². The molecule has 0 aromatic heterocycles. The molecule has 0 saturated carbocycles. The second-order valence-corrected chi connectivity index (χ2v) is 7.56. The smallest absolute Gasteiger partial charge is 0.194 e. The van der Waals surface area contributed by atoms with Gasteiger partial charge in [0.05, 0.1) is 5.56 Å². The van der Waals surface area contributed by atoms with E-state index in [0.717, 1.165) is 36.1 Å². The first kappa shape index (κ1) is 22.2. The van der Waals surface area contributed by atoms with Crippen molar-refractivity contribution in [3.63, 3.8) is 0 Å². The number of rotatable bonds is 2. The van der Waals surface area contributed by atoms with Gasteiger partial charge in [0.2, 0.25) is 0 Å². The van der Waals surface area contributed by atoms with Crippen molar-refractivity contribution >= 4 is 10.8 Å². The lowest BCUT2D eigenvalue weighted by Gasteiger charge is -2.03. The lowest BCUT2D eigenvalue weighted by Crippen LogP contribution is -1.92. The van der Waals surface area contributed by atoms with Crippen molar-refractivity contribution in [1.29, 1.82) is 0 Å². The Morgan fingerprint density at radius 1 is 0.606 bits per heavy atom. The molecule has 0 radical (unpaired) electrons. The van der Waals surface area contributed by atoms with Gasteiger partial charge in [-0.1, -0.05) is 61.3 Å². The van der Waals surface area contributed by atoms with Gasteiger partial charge in [-0.3, -0.25) is 0 Å². The second kappa shape index (κ2) is 9.63. The first-order valence-corrected chi connectivity index (χ1v) is 10.4. The van der Waals surface area contributed by atoms with E-state index in [1.165, 1.54) is 11.6 Å². The van der Waals surface area contributed by atoms with Gasteiger partial charge < -0.3 is 0 Å². The molecule has 0 fully saturated rings. The molecule has 0 unspecified atom stereocenters. The summed E-state index contributed by atoms with van der Waals surface area (Å²) >= 11 is 0. The summed E-state index contributed by atoms with van der Waals surface area (Å²) in [7, 11) is 0. The largest absolute Gasteiger partial charge is 0.205 e. The van der Waals surface area contributed by atoms with E-state index in [4.69, 9.17) is 0 Å². The van der Waals surface area contributed by atoms with E-state index >= 15 is 0 Å². The summed E-state index contributed by atoms with van der Waals surface area (Å²) in [6.45, 7) is 2.14. The molecule has 0 heterocycles. The number of fused-ring (bicyclic) bond motifs is 1. The van der Waals surface area contributed by atoms with Crippen LogP contribution in [0.3, 0.4) is 0 Å². The topological polar surface area (TPSA) is 0 Å². The minimum atomic E-state index is -1.56. The third kappa shape index (κ3) is 5.08. The Balaban J connectivity index is 1.60. The third-order valence-electron chi connectivity index (χ3n) is 5.12. The molecular formula is C29H18F4. The van der Waals surface area contributed by atoms with Crippen molar-refractivity contribution in [2.75, 3.05) is 0 Å². The molecule has 4 aromatic rings. The maximum absolute atomic E-state index is 14.9. The molecule has 0 saturated heterocycles. The van der Waals surface area contributed by atoms with Gasteiger partial charge in [0.25, 0.3) is 0 Å². The Kier molecular flexibility index (Phi) is 6.48. The fourth-order valence-electron chi connectivity index (χ4n) is 3.42. The Morgan fingerprint density at radius 3 is 1.94 bits per heavy atom. The molecule has 4 heteroatoms. The van der Waals surface area contributed by atoms with Crippen LogP contribution in [0.25, 0.3) is 10.8 Å². The van der Waals surface area contributed by atoms with Gasteiger partial charge in [0.1, 0.15) is 5.82 Å². The predicted molar refractivity (Wildman–Crippen MR) is 123 cm³/mol. The van der Waals surface area contributed by atoms with Crippen molar-refractivity contribution < 1.29 is 17.6 Å². The molecule has 0 spiro atoms. The lowest BCUT2D eigenvalue weighted by molar-refractivity contribution is 0.446. The van der Waals surface area contributed by atoms with Crippen LogP contribution in [0, 0.1) is 47.0 Å². The van der Waals surface area contributed by atoms with Crippen molar-refractivity contribution in [1.82, 2.24) is 0 Å². The maximum atomic E-state index is 14.9. The van der Waals surface area contributed by atoms with Gasteiger partial charge in [0, 0.05) is 22.1 Å². The molecule has 0 amide bonds. The van der Waals surface area contributed by atoms with Crippen molar-refractivity contribution in [3.8, 4) is 23.7 Å². The third-order valence-corrected chi connectivity index (χ3v) is 5.12. The highest BCUT2D eigenvalue weighted by Gasteiger charge is 2.10. The molecule has 0 atom stereocenters. The van der Waals surface area contributed by atoms with E-state index in [1.54, 1.807) is 24.3 Å². The lowest BCUT2D eigenvalue weighted by atomic mass is 10.0. The van der Waals surface area contributed by atoms with E-state index < -0.39 is 23.3 Å². The Morgan fingerprint density at radius 2 is 1.24 bits per heavy atom. The van der Waals surface area contributed by atoms with Gasteiger partial charge in [-0.15, -0.1) is 0 Å². The average Bonchev–Trinajstić information content (AvgIpc) is 2.82. The zero-order valence-electron chi connectivity index (χ0n) is 17.8. The maximum Gasteiger partial charge on any atom is 0.194 e. The Bertz CT molecular complexity index is 1440. The minimum absolute atomic E-state index is 0.0682. The van der Waals surface area contributed by atoms with Gasteiger partial charge in [-0.25, -0.2) is 17.6 Å². The van der Waals surface area contributed by atoms with Crippen LogP contribution in [0.4, 0.5) is 17.6 Å². The number of halogens is 4. The number of hydrogen-bond acceptors (Lipinski definition) is 0. The Labute approximate surface area is 189 Å². The number of benzene rings is 4. The molecule has 4 rings (SSSR count). The fourth-order valence-corrected chi connectivity index (χ4v) is 3.42. The zero-order chi connectivity index (χ0) is 23.4. The molecule has 0 aliphatic heterocycles. The predicted octanol–water partition coefficient (Wildman–Crippen LogP) is 7.15. The summed E-state index contributed by atoms with van der Waals surface area (Å²) in [5.74, 6) is 6.46. The van der Waals surface area contributed by atoms with Crippen LogP contribution in [0.5, 0.6) is 0 Å². The first-order valence-electron chi connectivity index (χ1n) is 10.4. The minimum Gasteiger partial charge on any atom is -0.205 e. The van der Waals surface area contributed by atoms with E-state index in [1.807, 2.05) is 12.1 Å². The van der Waals surface area contributed by atoms with Gasteiger partial charge in [-0.2, -0.15) is 0 Å². The van der Waals surface area contributed by atoms with E-state index in [-0.39, 0.29) is 11.1 Å². The highest BCUT2D eigenvalue weighted by molar-refractivity contribution is 5.86. The molecule has 162 valence electrons. The fraction of sp³-hybridized carbons (Fsp3) is 0.103. The highest BCUT2D eigenvalue weighted by Crippen LogP contribution is 2.22. The molecule has 0 N–H and O–H groups in total. The van der Waals surface area contributed by atoms with Crippen molar-refractivity contribution in [2.24, 2.45) is 0 Å². The van der Waals surface area contributed by atoms with Crippen LogP contribution in [0.1, 0.15) is 41.2 Å². The van der Waals surface area contributed by atoms with E-state index in [2.05, 4.69) is 42.7 Å². The van der Waals surface area contributed by atoms with Crippen LogP contribution >= 0.6 is 0 Å². The normalized spacial score (nSPS) is 10.3. The first-order chi connectivity index (χ1) is 15.9. The molecule has 0 aliphatic carbocycles. The van der Waals surface area contributed by atoms with Crippen LogP contribution in [0.15, 0.2) is 66.7 Å². The van der Waals surface area contributed by atoms with Crippen LogP contribution in [-0.4, -0.2) is 0 Å². The monoisotopic (exact) mass is 442 g/mol. The Hall–Kier alpha value is -4.02. The summed E-state index contributed by atoms with van der Waals surface area (Å²) in [6, 6.07) is 18.0. The molecule has 0 bridgehead atoms. The summed E-state index contributed by atoms with van der Waals surface area (Å²) in [6.07, 6.45) is 2.13. The molecule has 0 aliphatic rings. The highest BCUT2D eigenvalue weighted by atomic mass is 19.2. The quantitative estimate of drug-likeness (QED) is 0.176. The van der Waals surface area contributed by atoms with E-state index in [0.29, 0.717) is 10.8 Å². The summed E-state index contributed by atoms with van der Waals surface area (Å²) in [5.41, 5.74) is 2.91. The van der Waals surface area contributed by atoms with Crippen molar-refractivity contribution in [3.05, 3.63) is 118 Å². The SMILES string of the molecule is CCCc1ccc(C#Cc2ccc3c(F)c(C#Cc4cc(F)c(F)c(F)c4)ccc3c2)cc1. The van der Waals surface area contributed by atoms with Crippen LogP contribution in [-0.2, 0) is 6.42 Å². The zero-order valence-corrected chi connectivity index (χ0v) is 17.8. The average molecular weight is 442 g/mol. The number of hydrogen-bond donors (Lipinski definition) is 0. The van der Waals surface area contributed by atoms with Crippen LogP contribution in [0.2, 0.25) is 0 Å². The number of aryl methyl sites for hydroxylation is 1. The molecular weight excluding hydrogens is 424 g/mol. The van der Waals surface area contributed by atoms with E-state index in [9.17, 15) is 17.6 Å². The summed E-state index contributed by atoms with van der Waals surface area (Å²) < 4.78 is 54.7. The summed E-state index contributed by atoms with van der Waals surface area (Å²) in [5, 5.41) is 1.01. The standard InChI is InChI=1S/C29H18F4/c1-2-3-19-4-6-20(7-5-19)8-9-21-11-15-25-24(16-21)14-13-23(28(25)32)12-10-22-17-26(30)29(33)27(31)18-22/h4-7,11,13-18H,2-3H2,1H3. The second-order valence-electron chi connectivity index (χ2n) is 7.56. The molecule has 4 aromatic carbocycles.